The largest absolute Gasteiger partial charge is 0.399 e. The van der Waals surface area contributed by atoms with Gasteiger partial charge in [-0.1, -0.05) is 0 Å². The smallest absolute Gasteiger partial charge is 0.266 e. The first kappa shape index (κ1) is 20.4. The number of anilines is 3. The van der Waals surface area contributed by atoms with E-state index in [4.69, 9.17) is 16.2 Å². The van der Waals surface area contributed by atoms with Crippen LogP contribution in [0.4, 0.5) is 17.1 Å². The molecule has 0 spiro atoms. The number of nitrogens with two attached hydrogens (primary N) is 2. The minimum atomic E-state index is -3.93. The Balaban J connectivity index is 1.88. The molecule has 0 aliphatic carbocycles. The summed E-state index contributed by atoms with van der Waals surface area (Å²) in [5, 5.41) is 0. The van der Waals surface area contributed by atoms with Crippen molar-refractivity contribution >= 4 is 37.1 Å². The van der Waals surface area contributed by atoms with E-state index in [0.29, 0.717) is 24.6 Å². The fraction of sp³-hybridized carbons (Fsp3) is 0.294. The molecule has 1 aliphatic rings. The minimum Gasteiger partial charge on any atom is -0.399 e. The fourth-order valence-corrected chi connectivity index (χ4v) is 5.55. The summed E-state index contributed by atoms with van der Waals surface area (Å²) in [7, 11) is -6.21. The van der Waals surface area contributed by atoms with Gasteiger partial charge in [0, 0.05) is 25.8 Å². The number of benzene rings is 2. The van der Waals surface area contributed by atoms with Gasteiger partial charge < -0.3 is 16.2 Å². The molecule has 0 saturated carbocycles. The van der Waals surface area contributed by atoms with Crippen molar-refractivity contribution in [2.24, 2.45) is 0 Å². The van der Waals surface area contributed by atoms with Gasteiger partial charge in [0.1, 0.15) is 4.90 Å². The summed E-state index contributed by atoms with van der Waals surface area (Å²) >= 11 is 0. The standard InChI is InChI=1S/C17H22N4O5S2/c1-20(28(24,25)17-7-2-13(18)12-16(17)19)14-3-5-15(6-4-14)27(22,23)21-8-10-26-11-9-21/h2-7,12H,8-11,18-19H2,1H3. The number of hydrogen-bond acceptors (Lipinski definition) is 7. The van der Waals surface area contributed by atoms with Gasteiger partial charge in [-0.15, -0.1) is 0 Å². The molecule has 11 heteroatoms. The molecule has 1 aliphatic heterocycles. The molecule has 3 rings (SSSR count). The number of sulfonamides is 2. The summed E-state index contributed by atoms with van der Waals surface area (Å²) in [6.07, 6.45) is 0. The van der Waals surface area contributed by atoms with Gasteiger partial charge >= 0.3 is 0 Å². The highest BCUT2D eigenvalue weighted by Gasteiger charge is 2.27. The van der Waals surface area contributed by atoms with Crippen LogP contribution in [0.3, 0.4) is 0 Å². The summed E-state index contributed by atoms with van der Waals surface area (Å²) < 4.78 is 58.6. The summed E-state index contributed by atoms with van der Waals surface area (Å²) in [6.45, 7) is 1.27. The third-order valence-electron chi connectivity index (χ3n) is 4.48. The SMILES string of the molecule is CN(c1ccc(S(=O)(=O)N2CCOCC2)cc1)S(=O)(=O)c1ccc(N)cc1N. The average molecular weight is 427 g/mol. The highest BCUT2D eigenvalue weighted by molar-refractivity contribution is 7.93. The van der Waals surface area contributed by atoms with E-state index in [1.807, 2.05) is 0 Å². The third-order valence-corrected chi connectivity index (χ3v) is 8.25. The van der Waals surface area contributed by atoms with Crippen molar-refractivity contribution < 1.29 is 21.6 Å². The van der Waals surface area contributed by atoms with Crippen LogP contribution in [-0.2, 0) is 24.8 Å². The van der Waals surface area contributed by atoms with Crippen LogP contribution >= 0.6 is 0 Å². The van der Waals surface area contributed by atoms with Gasteiger partial charge in [-0.2, -0.15) is 4.31 Å². The second-order valence-electron chi connectivity index (χ2n) is 6.28. The Bertz CT molecular complexity index is 1060. The number of morpholine rings is 1. The maximum Gasteiger partial charge on any atom is 0.266 e. The van der Waals surface area contributed by atoms with Crippen molar-refractivity contribution in [2.75, 3.05) is 49.1 Å². The number of hydrogen-bond donors (Lipinski definition) is 2. The minimum absolute atomic E-state index is 0.0402. The Morgan fingerprint density at radius 2 is 1.57 bits per heavy atom. The molecule has 0 atom stereocenters. The number of nitrogen functional groups attached to an aromatic ring is 2. The van der Waals surface area contributed by atoms with Crippen molar-refractivity contribution in [3.05, 3.63) is 42.5 Å². The zero-order valence-corrected chi connectivity index (χ0v) is 16.9. The van der Waals surface area contributed by atoms with Gasteiger partial charge in [0.2, 0.25) is 10.0 Å². The number of nitrogens with zero attached hydrogens (tertiary/aromatic N) is 2. The van der Waals surface area contributed by atoms with E-state index in [0.717, 1.165) is 4.31 Å². The Kier molecular flexibility index (Phi) is 5.53. The van der Waals surface area contributed by atoms with E-state index >= 15 is 0 Å². The van der Waals surface area contributed by atoms with Crippen LogP contribution in [0.25, 0.3) is 0 Å². The van der Waals surface area contributed by atoms with E-state index in [-0.39, 0.29) is 28.6 Å². The summed E-state index contributed by atoms with van der Waals surface area (Å²) in [5.74, 6) is 0. The van der Waals surface area contributed by atoms with Crippen LogP contribution in [0.1, 0.15) is 0 Å². The van der Waals surface area contributed by atoms with E-state index in [1.54, 1.807) is 0 Å². The second-order valence-corrected chi connectivity index (χ2v) is 10.2. The molecule has 4 N–H and O–H groups in total. The Morgan fingerprint density at radius 3 is 2.14 bits per heavy atom. The van der Waals surface area contributed by atoms with Crippen molar-refractivity contribution in [1.29, 1.82) is 0 Å². The van der Waals surface area contributed by atoms with Crippen LogP contribution in [0.5, 0.6) is 0 Å². The van der Waals surface area contributed by atoms with E-state index in [9.17, 15) is 16.8 Å². The van der Waals surface area contributed by atoms with Crippen LogP contribution < -0.4 is 15.8 Å². The van der Waals surface area contributed by atoms with Gasteiger partial charge in [0.05, 0.1) is 29.5 Å². The molecular weight excluding hydrogens is 404 g/mol. The molecule has 0 amide bonds. The van der Waals surface area contributed by atoms with E-state index in [2.05, 4.69) is 0 Å². The fourth-order valence-electron chi connectivity index (χ4n) is 2.85. The van der Waals surface area contributed by atoms with Crippen LogP contribution in [0.15, 0.2) is 52.3 Å². The monoisotopic (exact) mass is 426 g/mol. The average Bonchev–Trinajstić information content (AvgIpc) is 2.68. The first-order valence-corrected chi connectivity index (χ1v) is 11.3. The first-order valence-electron chi connectivity index (χ1n) is 8.46. The van der Waals surface area contributed by atoms with Gasteiger partial charge in [-0.05, 0) is 42.5 Å². The molecule has 28 heavy (non-hydrogen) atoms. The van der Waals surface area contributed by atoms with Crippen molar-refractivity contribution in [1.82, 2.24) is 4.31 Å². The summed E-state index contributed by atoms with van der Waals surface area (Å²) in [4.78, 5) is 0.0187. The quantitative estimate of drug-likeness (QED) is 0.672. The Hall–Kier alpha value is -2.34. The molecule has 9 nitrogen and oxygen atoms in total. The molecule has 1 fully saturated rings. The molecule has 2 aromatic carbocycles. The molecule has 152 valence electrons. The summed E-state index contributed by atoms with van der Waals surface area (Å²) in [5.41, 5.74) is 12.1. The highest BCUT2D eigenvalue weighted by atomic mass is 32.2. The molecule has 1 saturated heterocycles. The normalized spacial score (nSPS) is 16.0. The van der Waals surface area contributed by atoms with E-state index in [1.165, 1.54) is 53.8 Å². The zero-order valence-electron chi connectivity index (χ0n) is 15.3. The zero-order chi connectivity index (χ0) is 20.5. The van der Waals surface area contributed by atoms with Gasteiger partial charge in [-0.3, -0.25) is 4.31 Å². The molecular formula is C17H22N4O5S2. The maximum absolute atomic E-state index is 12.9. The van der Waals surface area contributed by atoms with Crippen molar-refractivity contribution in [3.8, 4) is 0 Å². The van der Waals surface area contributed by atoms with Crippen LogP contribution in [0.2, 0.25) is 0 Å². The molecule has 2 aromatic rings. The number of ether oxygens (including phenoxy) is 1. The van der Waals surface area contributed by atoms with Crippen molar-refractivity contribution in [3.63, 3.8) is 0 Å². The molecule has 0 aromatic heterocycles. The van der Waals surface area contributed by atoms with Crippen LogP contribution in [-0.4, -0.2) is 54.5 Å². The van der Waals surface area contributed by atoms with Crippen molar-refractivity contribution in [2.45, 2.75) is 9.79 Å². The molecule has 0 radical (unpaired) electrons. The lowest BCUT2D eigenvalue weighted by atomic mass is 10.3. The van der Waals surface area contributed by atoms with E-state index < -0.39 is 20.0 Å². The van der Waals surface area contributed by atoms with Gasteiger partial charge in [-0.25, -0.2) is 16.8 Å². The lowest BCUT2D eigenvalue weighted by Crippen LogP contribution is -2.40. The third kappa shape index (κ3) is 3.78. The summed E-state index contributed by atoms with van der Waals surface area (Å²) in [6, 6.07) is 9.83. The maximum atomic E-state index is 12.9. The topological polar surface area (TPSA) is 136 Å². The lowest BCUT2D eigenvalue weighted by molar-refractivity contribution is 0.0730. The molecule has 0 unspecified atom stereocenters. The predicted molar refractivity (Wildman–Crippen MR) is 107 cm³/mol. The number of rotatable bonds is 5. The first-order chi connectivity index (χ1) is 13.1. The van der Waals surface area contributed by atoms with Crippen LogP contribution in [0, 0.1) is 0 Å². The Labute approximate surface area is 164 Å². The molecule has 1 heterocycles. The second kappa shape index (κ2) is 7.59. The molecule has 0 bridgehead atoms. The predicted octanol–water partition coefficient (Wildman–Crippen LogP) is 0.697. The highest BCUT2D eigenvalue weighted by Crippen LogP contribution is 2.28. The van der Waals surface area contributed by atoms with Gasteiger partial charge in [0.15, 0.2) is 0 Å². The lowest BCUT2D eigenvalue weighted by Gasteiger charge is -2.26. The van der Waals surface area contributed by atoms with Gasteiger partial charge in [0.25, 0.3) is 10.0 Å². The Morgan fingerprint density at radius 1 is 0.964 bits per heavy atom.